The zero-order valence-corrected chi connectivity index (χ0v) is 12.0. The Morgan fingerprint density at radius 3 is 2.95 bits per heavy atom. The molecule has 106 valence electrons. The van der Waals surface area contributed by atoms with Crippen LogP contribution < -0.4 is 0 Å². The molecule has 0 atom stereocenters. The molecule has 2 heterocycles. The van der Waals surface area contributed by atoms with Crippen LogP contribution in [0.15, 0.2) is 30.9 Å². The second-order valence-electron chi connectivity index (χ2n) is 5.01. The van der Waals surface area contributed by atoms with Crippen molar-refractivity contribution in [3.05, 3.63) is 47.5 Å². The molecule has 5 nitrogen and oxygen atoms in total. The Morgan fingerprint density at radius 1 is 1.40 bits per heavy atom. The van der Waals surface area contributed by atoms with Gasteiger partial charge in [0.25, 0.3) is 0 Å². The number of nitrogens with zero attached hydrogens (tertiary/aromatic N) is 3. The fraction of sp³-hybridized carbons (Fsp3) is 0.400. The average molecular weight is 272 g/mol. The molecular weight excluding hydrogens is 252 g/mol. The van der Waals surface area contributed by atoms with E-state index in [2.05, 4.69) is 15.2 Å². The fourth-order valence-corrected chi connectivity index (χ4v) is 2.07. The molecule has 2 aromatic rings. The van der Waals surface area contributed by atoms with Crippen LogP contribution in [0.4, 0.5) is 0 Å². The second kappa shape index (κ2) is 6.84. The van der Waals surface area contributed by atoms with E-state index in [-0.39, 0.29) is 5.91 Å². The molecule has 0 aliphatic heterocycles. The van der Waals surface area contributed by atoms with Crippen molar-refractivity contribution in [3.63, 3.8) is 0 Å². The van der Waals surface area contributed by atoms with Gasteiger partial charge >= 0.3 is 0 Å². The Kier molecular flexibility index (Phi) is 4.87. The standard InChI is InChI=1S/C15H20N4O/c1-12-8-16-7-6-14(12)11-19(2)15(20)5-3-4-13-9-17-18-10-13/h6-10H,3-5,11H2,1-2H3,(H,17,18). The molecule has 0 saturated heterocycles. The van der Waals surface area contributed by atoms with Crippen LogP contribution in [0.5, 0.6) is 0 Å². The zero-order valence-electron chi connectivity index (χ0n) is 12.0. The minimum atomic E-state index is 0.171. The number of hydrogen-bond donors (Lipinski definition) is 1. The Hall–Kier alpha value is -2.17. The molecule has 0 aromatic carbocycles. The summed E-state index contributed by atoms with van der Waals surface area (Å²) in [4.78, 5) is 17.9. The van der Waals surface area contributed by atoms with Gasteiger partial charge in [0, 0.05) is 38.6 Å². The SMILES string of the molecule is Cc1cnccc1CN(C)C(=O)CCCc1cn[nH]c1. The van der Waals surface area contributed by atoms with Gasteiger partial charge in [-0.15, -0.1) is 0 Å². The number of H-pyrrole nitrogens is 1. The van der Waals surface area contributed by atoms with Gasteiger partial charge in [0.1, 0.15) is 0 Å². The zero-order chi connectivity index (χ0) is 14.4. The first-order chi connectivity index (χ1) is 9.66. The number of nitrogens with one attached hydrogen (secondary N) is 1. The Balaban J connectivity index is 1.79. The van der Waals surface area contributed by atoms with Gasteiger partial charge in [0.05, 0.1) is 6.20 Å². The normalized spacial score (nSPS) is 10.5. The van der Waals surface area contributed by atoms with Crippen LogP contribution in [-0.2, 0) is 17.8 Å². The van der Waals surface area contributed by atoms with Crippen molar-refractivity contribution in [2.24, 2.45) is 0 Å². The molecule has 0 fully saturated rings. The number of amides is 1. The number of pyridine rings is 1. The van der Waals surface area contributed by atoms with Crippen molar-refractivity contribution in [1.29, 1.82) is 0 Å². The monoisotopic (exact) mass is 272 g/mol. The van der Waals surface area contributed by atoms with Crippen LogP contribution >= 0.6 is 0 Å². The van der Waals surface area contributed by atoms with Crippen molar-refractivity contribution < 1.29 is 4.79 Å². The highest BCUT2D eigenvalue weighted by molar-refractivity contribution is 5.75. The lowest BCUT2D eigenvalue weighted by atomic mass is 10.1. The Morgan fingerprint density at radius 2 is 2.25 bits per heavy atom. The van der Waals surface area contributed by atoms with Crippen LogP contribution in [-0.4, -0.2) is 33.0 Å². The Labute approximate surface area is 119 Å². The minimum Gasteiger partial charge on any atom is -0.341 e. The molecule has 5 heteroatoms. The molecule has 1 amide bonds. The van der Waals surface area contributed by atoms with E-state index in [0.717, 1.165) is 29.5 Å². The van der Waals surface area contributed by atoms with Crippen molar-refractivity contribution >= 4 is 5.91 Å². The molecule has 20 heavy (non-hydrogen) atoms. The maximum atomic E-state index is 12.1. The number of aromatic nitrogens is 3. The molecule has 0 aliphatic carbocycles. The predicted octanol–water partition coefficient (Wildman–Crippen LogP) is 2.09. The second-order valence-corrected chi connectivity index (χ2v) is 5.01. The summed E-state index contributed by atoms with van der Waals surface area (Å²) in [6.45, 7) is 2.65. The maximum absolute atomic E-state index is 12.1. The van der Waals surface area contributed by atoms with Crippen LogP contribution in [0, 0.1) is 6.92 Å². The van der Waals surface area contributed by atoms with E-state index >= 15 is 0 Å². The van der Waals surface area contributed by atoms with Gasteiger partial charge in [-0.05, 0) is 42.5 Å². The van der Waals surface area contributed by atoms with E-state index in [1.807, 2.05) is 32.4 Å². The highest BCUT2D eigenvalue weighted by Gasteiger charge is 2.10. The van der Waals surface area contributed by atoms with Crippen molar-refractivity contribution in [2.75, 3.05) is 7.05 Å². The largest absolute Gasteiger partial charge is 0.341 e. The third-order valence-corrected chi connectivity index (χ3v) is 3.38. The van der Waals surface area contributed by atoms with Gasteiger partial charge in [-0.25, -0.2) is 0 Å². The van der Waals surface area contributed by atoms with Crippen molar-refractivity contribution in [1.82, 2.24) is 20.1 Å². The van der Waals surface area contributed by atoms with Gasteiger partial charge in [0.15, 0.2) is 0 Å². The van der Waals surface area contributed by atoms with Gasteiger partial charge < -0.3 is 4.90 Å². The molecule has 0 spiro atoms. The van der Waals surface area contributed by atoms with Gasteiger partial charge in [-0.2, -0.15) is 5.10 Å². The first-order valence-corrected chi connectivity index (χ1v) is 6.78. The molecule has 2 aromatic heterocycles. The molecule has 0 radical (unpaired) electrons. The van der Waals surface area contributed by atoms with Crippen LogP contribution in [0.3, 0.4) is 0 Å². The van der Waals surface area contributed by atoms with Gasteiger partial charge in [-0.1, -0.05) is 0 Å². The molecule has 0 aliphatic rings. The number of aromatic amines is 1. The van der Waals surface area contributed by atoms with Crippen molar-refractivity contribution in [2.45, 2.75) is 32.7 Å². The van der Waals surface area contributed by atoms with E-state index in [0.29, 0.717) is 13.0 Å². The summed E-state index contributed by atoms with van der Waals surface area (Å²) < 4.78 is 0. The Bertz CT molecular complexity index is 551. The van der Waals surface area contributed by atoms with Gasteiger partial charge in [-0.3, -0.25) is 14.9 Å². The van der Waals surface area contributed by atoms with Crippen LogP contribution in [0.2, 0.25) is 0 Å². The smallest absolute Gasteiger partial charge is 0.222 e. The fourth-order valence-electron chi connectivity index (χ4n) is 2.07. The summed E-state index contributed by atoms with van der Waals surface area (Å²) in [5.74, 6) is 0.171. The molecule has 0 saturated carbocycles. The highest BCUT2D eigenvalue weighted by atomic mass is 16.2. The number of carbonyl (C=O) groups is 1. The van der Waals surface area contributed by atoms with E-state index < -0.39 is 0 Å². The van der Waals surface area contributed by atoms with Crippen LogP contribution in [0.1, 0.15) is 29.5 Å². The van der Waals surface area contributed by atoms with E-state index in [9.17, 15) is 4.79 Å². The maximum Gasteiger partial charge on any atom is 0.222 e. The average Bonchev–Trinajstić information content (AvgIpc) is 2.94. The molecular formula is C15H20N4O. The summed E-state index contributed by atoms with van der Waals surface area (Å²) in [5, 5.41) is 6.67. The number of hydrogen-bond acceptors (Lipinski definition) is 3. The minimum absolute atomic E-state index is 0.171. The summed E-state index contributed by atoms with van der Waals surface area (Å²) in [6.07, 6.45) is 9.54. The lowest BCUT2D eigenvalue weighted by Crippen LogP contribution is -2.26. The third-order valence-electron chi connectivity index (χ3n) is 3.38. The highest BCUT2D eigenvalue weighted by Crippen LogP contribution is 2.10. The summed E-state index contributed by atoms with van der Waals surface area (Å²) in [6, 6.07) is 1.96. The number of rotatable bonds is 6. The first kappa shape index (κ1) is 14.2. The van der Waals surface area contributed by atoms with Gasteiger partial charge in [0.2, 0.25) is 5.91 Å². The topological polar surface area (TPSA) is 61.9 Å². The van der Waals surface area contributed by atoms with E-state index in [1.165, 1.54) is 0 Å². The first-order valence-electron chi connectivity index (χ1n) is 6.78. The molecule has 2 rings (SSSR count). The quantitative estimate of drug-likeness (QED) is 0.876. The summed E-state index contributed by atoms with van der Waals surface area (Å²) in [5.41, 5.74) is 3.40. The number of aryl methyl sites for hydroxylation is 2. The predicted molar refractivity (Wildman–Crippen MR) is 77.0 cm³/mol. The summed E-state index contributed by atoms with van der Waals surface area (Å²) >= 11 is 0. The lowest BCUT2D eigenvalue weighted by molar-refractivity contribution is -0.130. The number of carbonyl (C=O) groups excluding carboxylic acids is 1. The van der Waals surface area contributed by atoms with Crippen LogP contribution in [0.25, 0.3) is 0 Å². The molecule has 0 unspecified atom stereocenters. The summed E-state index contributed by atoms with van der Waals surface area (Å²) in [7, 11) is 1.85. The van der Waals surface area contributed by atoms with Crippen molar-refractivity contribution in [3.8, 4) is 0 Å². The molecule has 0 bridgehead atoms. The third kappa shape index (κ3) is 3.91. The van der Waals surface area contributed by atoms with E-state index in [1.54, 1.807) is 17.3 Å². The van der Waals surface area contributed by atoms with E-state index in [4.69, 9.17) is 0 Å². The lowest BCUT2D eigenvalue weighted by Gasteiger charge is -2.18. The molecule has 1 N–H and O–H groups in total.